The third kappa shape index (κ3) is 6.76. The first-order valence-electron chi connectivity index (χ1n) is 11.8. The number of thiazole rings is 1. The Bertz CT molecular complexity index is 1320. The number of nitrogens with one attached hydrogen (secondary N) is 3. The molecule has 0 aliphatic heterocycles. The van der Waals surface area contributed by atoms with Crippen molar-refractivity contribution < 1.29 is 14.6 Å². The molecular weight excluding hydrogens is 465 g/mol. The van der Waals surface area contributed by atoms with Crippen LogP contribution in [0.15, 0.2) is 65.5 Å². The highest BCUT2D eigenvalue weighted by Crippen LogP contribution is 2.31. The maximum absolute atomic E-state index is 13.7. The van der Waals surface area contributed by atoms with Gasteiger partial charge in [0.25, 0.3) is 0 Å². The van der Waals surface area contributed by atoms with E-state index in [4.69, 9.17) is 0 Å². The third-order valence-electron chi connectivity index (χ3n) is 5.99. The minimum Gasteiger partial charge on any atom is -0.506 e. The first-order valence-corrected chi connectivity index (χ1v) is 12.6. The number of phenols is 1. The summed E-state index contributed by atoms with van der Waals surface area (Å²) in [5.41, 5.74) is 4.19. The van der Waals surface area contributed by atoms with Gasteiger partial charge in [0.05, 0.1) is 10.8 Å². The maximum Gasteiger partial charge on any atom is 0.305 e. The monoisotopic (exact) mass is 495 g/mol. The molecule has 0 aliphatic rings. The lowest BCUT2D eigenvalue weighted by molar-refractivity contribution is 0.176. The number of aliphatic hydroxyl groups excluding tert-OH is 1. The molecule has 4 aromatic rings. The summed E-state index contributed by atoms with van der Waals surface area (Å²) in [4.78, 5) is 14.0. The number of rotatable bonds is 12. The van der Waals surface area contributed by atoms with Crippen LogP contribution in [0.5, 0.6) is 5.75 Å². The van der Waals surface area contributed by atoms with Crippen molar-refractivity contribution in [1.29, 1.82) is 0 Å². The van der Waals surface area contributed by atoms with Crippen LogP contribution in [0, 0.1) is 5.82 Å². The Hall–Kier alpha value is -3.04. The molecule has 6 nitrogen and oxygen atoms in total. The van der Waals surface area contributed by atoms with Crippen LogP contribution >= 0.6 is 11.3 Å². The van der Waals surface area contributed by atoms with Crippen molar-refractivity contribution in [3.8, 4) is 5.75 Å². The predicted octanol–water partition coefficient (Wildman–Crippen LogP) is 3.67. The molecule has 0 amide bonds. The highest BCUT2D eigenvalue weighted by atomic mass is 32.1. The van der Waals surface area contributed by atoms with Crippen LogP contribution in [0.2, 0.25) is 0 Å². The number of aliphatic hydroxyl groups is 1. The van der Waals surface area contributed by atoms with E-state index >= 15 is 0 Å². The quantitative estimate of drug-likeness (QED) is 0.193. The molecule has 5 N–H and O–H groups in total. The van der Waals surface area contributed by atoms with Gasteiger partial charge in [0.1, 0.15) is 17.1 Å². The van der Waals surface area contributed by atoms with E-state index in [0.717, 1.165) is 42.8 Å². The van der Waals surface area contributed by atoms with Crippen molar-refractivity contribution in [2.45, 2.75) is 25.4 Å². The fourth-order valence-corrected chi connectivity index (χ4v) is 5.02. The second-order valence-electron chi connectivity index (χ2n) is 8.52. The molecule has 0 saturated carbocycles. The first kappa shape index (κ1) is 25.1. The van der Waals surface area contributed by atoms with Crippen LogP contribution in [0.4, 0.5) is 4.39 Å². The summed E-state index contributed by atoms with van der Waals surface area (Å²) in [6, 6.07) is 18.5. The van der Waals surface area contributed by atoms with Gasteiger partial charge in [-0.3, -0.25) is 4.79 Å². The lowest BCUT2D eigenvalue weighted by Gasteiger charge is -2.13. The van der Waals surface area contributed by atoms with Crippen LogP contribution in [0.1, 0.15) is 28.4 Å². The zero-order chi connectivity index (χ0) is 24.6. The molecule has 8 heteroatoms. The molecule has 184 valence electrons. The summed E-state index contributed by atoms with van der Waals surface area (Å²) in [6.45, 7) is 2.61. The zero-order valence-corrected chi connectivity index (χ0v) is 20.2. The molecule has 0 unspecified atom stereocenters. The van der Waals surface area contributed by atoms with Gasteiger partial charge in [-0.15, -0.1) is 0 Å². The van der Waals surface area contributed by atoms with Gasteiger partial charge < -0.3 is 25.8 Å². The molecule has 0 spiro atoms. The van der Waals surface area contributed by atoms with E-state index in [1.165, 1.54) is 23.3 Å². The Morgan fingerprint density at radius 1 is 0.914 bits per heavy atom. The molecule has 1 heterocycles. The second kappa shape index (κ2) is 12.1. The summed E-state index contributed by atoms with van der Waals surface area (Å²) in [5.74, 6) is -0.150. The molecule has 1 atom stereocenters. The molecule has 0 saturated heterocycles. The minimum atomic E-state index is -0.786. The number of phenolic OH excluding ortho intramolecular Hbond substituents is 1. The number of halogens is 1. The van der Waals surface area contributed by atoms with E-state index < -0.39 is 6.10 Å². The second-order valence-corrected chi connectivity index (χ2v) is 9.51. The molecule has 0 radical (unpaired) electrons. The fraction of sp³-hybridized carbons (Fsp3) is 0.296. The summed E-state index contributed by atoms with van der Waals surface area (Å²) in [5, 5.41) is 27.2. The van der Waals surface area contributed by atoms with E-state index in [0.29, 0.717) is 35.3 Å². The number of hydrogen-bond acceptors (Lipinski definition) is 6. The van der Waals surface area contributed by atoms with E-state index in [1.807, 2.05) is 12.1 Å². The number of aromatic amines is 1. The predicted molar refractivity (Wildman–Crippen MR) is 139 cm³/mol. The van der Waals surface area contributed by atoms with Gasteiger partial charge in [-0.1, -0.05) is 59.9 Å². The zero-order valence-electron chi connectivity index (χ0n) is 19.4. The van der Waals surface area contributed by atoms with Crippen molar-refractivity contribution in [3.05, 3.63) is 98.4 Å². The standard InChI is InChI=1S/C27H30FN3O3S/c28-22-7-2-1-6-20(22)12-15-29-13-10-18-4-3-5-19(16-18)11-14-30-17-24(33)21-8-9-23(32)25-26(21)35-27(34)31-25/h1-9,16,24,29-30,32-33H,10-15,17H2,(H,31,34)/t24-/m0/s1. The van der Waals surface area contributed by atoms with Crippen LogP contribution in [0.25, 0.3) is 10.2 Å². The van der Waals surface area contributed by atoms with Gasteiger partial charge >= 0.3 is 4.87 Å². The summed E-state index contributed by atoms with van der Waals surface area (Å²) < 4.78 is 14.3. The van der Waals surface area contributed by atoms with Crippen LogP contribution in [-0.4, -0.2) is 41.4 Å². The van der Waals surface area contributed by atoms with Gasteiger partial charge in [0.2, 0.25) is 0 Å². The highest BCUT2D eigenvalue weighted by Gasteiger charge is 2.15. The topological polar surface area (TPSA) is 97.4 Å². The molecule has 35 heavy (non-hydrogen) atoms. The highest BCUT2D eigenvalue weighted by molar-refractivity contribution is 7.16. The van der Waals surface area contributed by atoms with E-state index in [-0.39, 0.29) is 16.4 Å². The number of aromatic hydroxyl groups is 1. The molecular formula is C27H30FN3O3S. The molecule has 4 rings (SSSR count). The normalized spacial score (nSPS) is 12.3. The number of benzene rings is 3. The average molecular weight is 496 g/mol. The van der Waals surface area contributed by atoms with Gasteiger partial charge in [-0.05, 0) is 67.7 Å². The van der Waals surface area contributed by atoms with Crippen molar-refractivity contribution >= 4 is 21.6 Å². The van der Waals surface area contributed by atoms with Gasteiger partial charge in [-0.2, -0.15) is 0 Å². The van der Waals surface area contributed by atoms with Gasteiger partial charge in [-0.25, -0.2) is 4.39 Å². The molecule has 0 aliphatic carbocycles. The Balaban J connectivity index is 1.19. The van der Waals surface area contributed by atoms with Crippen molar-refractivity contribution in [1.82, 2.24) is 15.6 Å². The summed E-state index contributed by atoms with van der Waals surface area (Å²) in [7, 11) is 0. The molecule has 0 fully saturated rings. The molecule has 3 aromatic carbocycles. The van der Waals surface area contributed by atoms with E-state index in [2.05, 4.69) is 39.9 Å². The van der Waals surface area contributed by atoms with Crippen molar-refractivity contribution in [3.63, 3.8) is 0 Å². The van der Waals surface area contributed by atoms with Crippen LogP contribution in [0.3, 0.4) is 0 Å². The SMILES string of the molecule is O=c1[nH]c2c(O)ccc([C@@H](O)CNCCc3cccc(CCNCCc4ccccc4F)c3)c2s1. The number of fused-ring (bicyclic) bond motifs is 1. The molecule has 1 aromatic heterocycles. The Labute approximate surface area is 207 Å². The number of hydrogen-bond donors (Lipinski definition) is 5. The average Bonchev–Trinajstić information content (AvgIpc) is 3.25. The minimum absolute atomic E-state index is 0.00225. The Morgan fingerprint density at radius 3 is 2.40 bits per heavy atom. The smallest absolute Gasteiger partial charge is 0.305 e. The lowest BCUT2D eigenvalue weighted by atomic mass is 10.1. The summed E-state index contributed by atoms with van der Waals surface area (Å²) in [6.07, 6.45) is 1.60. The largest absolute Gasteiger partial charge is 0.506 e. The van der Waals surface area contributed by atoms with E-state index in [9.17, 15) is 19.4 Å². The van der Waals surface area contributed by atoms with Crippen LogP contribution in [-0.2, 0) is 19.3 Å². The van der Waals surface area contributed by atoms with Crippen molar-refractivity contribution in [2.75, 3.05) is 26.2 Å². The summed E-state index contributed by atoms with van der Waals surface area (Å²) >= 11 is 0.987. The first-order chi connectivity index (χ1) is 17.0. The Morgan fingerprint density at radius 2 is 1.63 bits per heavy atom. The van der Waals surface area contributed by atoms with Crippen molar-refractivity contribution in [2.24, 2.45) is 0 Å². The van der Waals surface area contributed by atoms with Gasteiger partial charge in [0.15, 0.2) is 0 Å². The maximum atomic E-state index is 13.7. The molecule has 0 bridgehead atoms. The number of aromatic nitrogens is 1. The lowest BCUT2D eigenvalue weighted by Crippen LogP contribution is -2.24. The van der Waals surface area contributed by atoms with E-state index in [1.54, 1.807) is 12.1 Å². The number of H-pyrrole nitrogens is 1. The third-order valence-corrected chi connectivity index (χ3v) is 6.92. The van der Waals surface area contributed by atoms with Crippen LogP contribution < -0.4 is 15.5 Å². The Kier molecular flexibility index (Phi) is 8.65. The van der Waals surface area contributed by atoms with Gasteiger partial charge in [0, 0.05) is 12.1 Å². The fourth-order valence-electron chi connectivity index (χ4n) is 4.11.